The zero-order chi connectivity index (χ0) is 39.5. The highest BCUT2D eigenvalue weighted by atomic mass is 32.2. The summed E-state index contributed by atoms with van der Waals surface area (Å²) in [5, 5.41) is 14.9. The fourth-order valence-electron chi connectivity index (χ4n) is 7.58. The summed E-state index contributed by atoms with van der Waals surface area (Å²) < 4.78 is 28.8. The van der Waals surface area contributed by atoms with Crippen molar-refractivity contribution in [3.05, 3.63) is 148 Å². The number of anilines is 2. The van der Waals surface area contributed by atoms with E-state index in [1.807, 2.05) is 36.4 Å². The third kappa shape index (κ3) is 8.93. The average molecular weight is 790 g/mol. The molecule has 290 valence electrons. The molecule has 0 saturated carbocycles. The summed E-state index contributed by atoms with van der Waals surface area (Å²) in [6, 6.07) is 36.6. The molecule has 0 aromatic heterocycles. The second kappa shape index (κ2) is 16.5. The van der Waals surface area contributed by atoms with Crippen molar-refractivity contribution < 1.29 is 18.1 Å². The number of carbonyl (C=O) groups excluding carboxylic acids is 1. The van der Waals surface area contributed by atoms with Gasteiger partial charge in [0.2, 0.25) is 0 Å². The smallest absolute Gasteiger partial charge is 0.293 e. The molecule has 0 aliphatic carbocycles. The SMILES string of the molecule is CC(C)(C)c1ccc(-c2ccccc2CN2CCN3c4ccc(C(=O)NS(=O)(=O)c5ccc(NCCSc6ccccc6)c([N+](=O)[O-])c5)cc4CC[C@H]3C2)cc1. The normalized spacial score (nSPS) is 15.8. The summed E-state index contributed by atoms with van der Waals surface area (Å²) in [6.45, 7) is 10.6. The van der Waals surface area contributed by atoms with Gasteiger partial charge in [0.25, 0.3) is 21.6 Å². The van der Waals surface area contributed by atoms with Crippen LogP contribution in [0.25, 0.3) is 11.1 Å². The first-order valence-corrected chi connectivity index (χ1v) is 21.4. The van der Waals surface area contributed by atoms with Crippen molar-refractivity contribution in [2.45, 2.75) is 61.4 Å². The van der Waals surface area contributed by atoms with Crippen molar-refractivity contribution in [3.63, 3.8) is 0 Å². The Morgan fingerprint density at radius 1 is 0.911 bits per heavy atom. The van der Waals surface area contributed by atoms with Crippen molar-refractivity contribution >= 4 is 44.8 Å². The van der Waals surface area contributed by atoms with Crippen molar-refractivity contribution in [2.24, 2.45) is 0 Å². The molecule has 7 rings (SSSR count). The lowest BCUT2D eigenvalue weighted by atomic mass is 9.86. The Morgan fingerprint density at radius 2 is 1.66 bits per heavy atom. The minimum atomic E-state index is -4.39. The second-order valence-corrected chi connectivity index (χ2v) is 18.3. The molecule has 0 unspecified atom stereocenters. The summed E-state index contributed by atoms with van der Waals surface area (Å²) in [6.07, 6.45) is 1.68. The van der Waals surface area contributed by atoms with Crippen LogP contribution in [0.4, 0.5) is 17.1 Å². The van der Waals surface area contributed by atoms with E-state index in [4.69, 9.17) is 0 Å². The Labute approximate surface area is 333 Å². The van der Waals surface area contributed by atoms with Crippen molar-refractivity contribution in [2.75, 3.05) is 42.1 Å². The number of nitrogens with zero attached hydrogens (tertiary/aromatic N) is 3. The number of rotatable bonds is 12. The van der Waals surface area contributed by atoms with Crippen molar-refractivity contribution in [1.29, 1.82) is 0 Å². The van der Waals surface area contributed by atoms with Gasteiger partial charge in [-0.2, -0.15) is 0 Å². The van der Waals surface area contributed by atoms with Crippen LogP contribution >= 0.6 is 11.8 Å². The van der Waals surface area contributed by atoms with Gasteiger partial charge in [0.05, 0.1) is 9.82 Å². The van der Waals surface area contributed by atoms with Crippen LogP contribution in [-0.4, -0.2) is 62.1 Å². The van der Waals surface area contributed by atoms with E-state index in [0.717, 1.165) is 61.2 Å². The molecule has 1 atom stereocenters. The number of hydrogen-bond acceptors (Lipinski definition) is 9. The van der Waals surface area contributed by atoms with E-state index in [2.05, 4.69) is 89.1 Å². The maximum atomic E-state index is 13.3. The Kier molecular flexibility index (Phi) is 11.5. The number of nitro benzene ring substituents is 1. The van der Waals surface area contributed by atoms with Crippen LogP contribution in [0.1, 0.15) is 54.2 Å². The Morgan fingerprint density at radius 3 is 2.41 bits per heavy atom. The molecule has 10 nitrogen and oxygen atoms in total. The summed E-state index contributed by atoms with van der Waals surface area (Å²) in [4.78, 5) is 30.3. The molecule has 0 bridgehead atoms. The highest BCUT2D eigenvalue weighted by molar-refractivity contribution is 7.99. The molecule has 56 heavy (non-hydrogen) atoms. The molecule has 1 saturated heterocycles. The lowest BCUT2D eigenvalue weighted by molar-refractivity contribution is -0.384. The van der Waals surface area contributed by atoms with Gasteiger partial charge in [0.15, 0.2) is 0 Å². The predicted octanol–water partition coefficient (Wildman–Crippen LogP) is 8.52. The lowest BCUT2D eigenvalue weighted by Gasteiger charge is -2.46. The minimum absolute atomic E-state index is 0.104. The highest BCUT2D eigenvalue weighted by Crippen LogP contribution is 2.35. The average Bonchev–Trinajstić information content (AvgIpc) is 3.19. The summed E-state index contributed by atoms with van der Waals surface area (Å²) >= 11 is 1.60. The van der Waals surface area contributed by atoms with Gasteiger partial charge in [0.1, 0.15) is 5.69 Å². The van der Waals surface area contributed by atoms with Crippen LogP contribution in [-0.2, 0) is 28.4 Å². The topological polar surface area (TPSA) is 125 Å². The maximum Gasteiger partial charge on any atom is 0.293 e. The van der Waals surface area contributed by atoms with Crippen LogP contribution in [0, 0.1) is 10.1 Å². The maximum absolute atomic E-state index is 13.3. The van der Waals surface area contributed by atoms with E-state index in [9.17, 15) is 23.3 Å². The van der Waals surface area contributed by atoms with E-state index in [1.54, 1.807) is 23.9 Å². The van der Waals surface area contributed by atoms with Gasteiger partial charge in [-0.1, -0.05) is 87.5 Å². The number of nitrogens with one attached hydrogen (secondary N) is 2. The fraction of sp³-hybridized carbons (Fsp3) is 0.295. The quantitative estimate of drug-likeness (QED) is 0.0554. The summed E-state index contributed by atoms with van der Waals surface area (Å²) in [5.74, 6) is -0.132. The number of thioether (sulfide) groups is 1. The van der Waals surface area contributed by atoms with Gasteiger partial charge in [-0.3, -0.25) is 19.8 Å². The Balaban J connectivity index is 0.974. The van der Waals surface area contributed by atoms with Crippen LogP contribution in [0.2, 0.25) is 0 Å². The third-order valence-electron chi connectivity index (χ3n) is 10.6. The number of amides is 1. The van der Waals surface area contributed by atoms with Gasteiger partial charge in [-0.25, -0.2) is 13.1 Å². The Hall–Kier alpha value is -5.17. The van der Waals surface area contributed by atoms with E-state index >= 15 is 0 Å². The number of fused-ring (bicyclic) bond motifs is 3. The molecule has 5 aromatic rings. The van der Waals surface area contributed by atoms with Crippen LogP contribution in [0.5, 0.6) is 0 Å². The number of hydrogen-bond donors (Lipinski definition) is 2. The van der Waals surface area contributed by atoms with E-state index in [1.165, 1.54) is 34.4 Å². The zero-order valence-electron chi connectivity index (χ0n) is 31.9. The predicted molar refractivity (Wildman–Crippen MR) is 225 cm³/mol. The molecule has 12 heteroatoms. The number of piperazine rings is 1. The Bertz CT molecular complexity index is 2330. The van der Waals surface area contributed by atoms with E-state index in [-0.39, 0.29) is 27.2 Å². The highest BCUT2D eigenvalue weighted by Gasteiger charge is 2.33. The molecular formula is C44H47N5O5S2. The molecule has 5 aromatic carbocycles. The van der Waals surface area contributed by atoms with Crippen molar-refractivity contribution in [1.82, 2.24) is 9.62 Å². The van der Waals surface area contributed by atoms with Crippen molar-refractivity contribution in [3.8, 4) is 11.1 Å². The van der Waals surface area contributed by atoms with Gasteiger partial charge in [-0.15, -0.1) is 11.8 Å². The first kappa shape index (κ1) is 39.1. The van der Waals surface area contributed by atoms with Crippen LogP contribution < -0.4 is 14.9 Å². The summed E-state index contributed by atoms with van der Waals surface area (Å²) in [5.41, 5.74) is 7.32. The van der Waals surface area contributed by atoms with Gasteiger partial charge < -0.3 is 10.2 Å². The molecule has 0 spiro atoms. The van der Waals surface area contributed by atoms with E-state index < -0.39 is 20.9 Å². The monoisotopic (exact) mass is 789 g/mol. The molecule has 2 N–H and O–H groups in total. The molecular weight excluding hydrogens is 743 g/mol. The molecule has 0 radical (unpaired) electrons. The number of aryl methyl sites for hydroxylation is 1. The van der Waals surface area contributed by atoms with Gasteiger partial charge in [-0.05, 0) is 88.5 Å². The third-order valence-corrected chi connectivity index (χ3v) is 12.9. The zero-order valence-corrected chi connectivity index (χ0v) is 33.5. The molecule has 2 aliphatic rings. The fourth-order valence-corrected chi connectivity index (χ4v) is 9.36. The first-order valence-electron chi connectivity index (χ1n) is 18.9. The number of nitro groups is 1. The second-order valence-electron chi connectivity index (χ2n) is 15.4. The summed E-state index contributed by atoms with van der Waals surface area (Å²) in [7, 11) is -4.39. The minimum Gasteiger partial charge on any atom is -0.379 e. The largest absolute Gasteiger partial charge is 0.379 e. The lowest BCUT2D eigenvalue weighted by Crippen LogP contribution is -2.54. The van der Waals surface area contributed by atoms with Crippen LogP contribution in [0.15, 0.2) is 125 Å². The van der Waals surface area contributed by atoms with Crippen LogP contribution in [0.3, 0.4) is 0 Å². The molecule has 1 fully saturated rings. The number of benzene rings is 5. The molecule has 2 aliphatic heterocycles. The number of carbonyl (C=O) groups is 1. The molecule has 2 heterocycles. The number of sulfonamides is 1. The molecule has 1 amide bonds. The standard InChI is InChI=1S/C44H47N5O5S2/c1-44(2,3)35-17-13-31(14-18-35)39-12-8-7-9-34(39)29-47-24-25-48-36(30-47)19-15-32-27-33(16-22-41(32)48)43(50)46-56(53,54)38-20-21-40(42(28-38)49(51)52)45-23-26-55-37-10-5-4-6-11-37/h4-14,16-18,20-22,27-28,36,45H,15,19,23-26,29-30H2,1-3H3,(H,46,50)/t36-/m0/s1. The van der Waals surface area contributed by atoms with Gasteiger partial charge >= 0.3 is 0 Å². The van der Waals surface area contributed by atoms with E-state index in [0.29, 0.717) is 18.3 Å². The van der Waals surface area contributed by atoms with Gasteiger partial charge in [0, 0.05) is 66.7 Å². The first-order chi connectivity index (χ1) is 26.9.